The maximum atomic E-state index is 12.2. The van der Waals surface area contributed by atoms with Gasteiger partial charge in [-0.05, 0) is 23.8 Å². The van der Waals surface area contributed by atoms with E-state index in [1.807, 2.05) is 30.3 Å². The number of rotatable bonds is 8. The number of carbonyl (C=O) groups is 2. The van der Waals surface area contributed by atoms with E-state index in [0.29, 0.717) is 6.54 Å². The van der Waals surface area contributed by atoms with Crippen molar-refractivity contribution in [1.82, 2.24) is 9.78 Å². The van der Waals surface area contributed by atoms with Gasteiger partial charge in [0.15, 0.2) is 6.61 Å². The number of esters is 1. The number of amides is 1. The molecule has 0 unspecified atom stereocenters. The summed E-state index contributed by atoms with van der Waals surface area (Å²) >= 11 is 5.82. The molecule has 0 fully saturated rings. The number of nitrogens with one attached hydrogen (secondary N) is 1. The molecule has 0 atom stereocenters. The van der Waals surface area contributed by atoms with E-state index in [0.717, 1.165) is 5.56 Å². The first-order valence-electron chi connectivity index (χ1n) is 8.68. The minimum atomic E-state index is -3.01. The number of aromatic nitrogens is 2. The van der Waals surface area contributed by atoms with Crippen molar-refractivity contribution in [3.05, 3.63) is 77.1 Å². The molecule has 0 aliphatic rings. The van der Waals surface area contributed by atoms with Crippen LogP contribution in [0.5, 0.6) is 5.75 Å². The van der Waals surface area contributed by atoms with Crippen molar-refractivity contribution in [2.75, 3.05) is 11.9 Å². The normalized spacial score (nSPS) is 10.7. The summed E-state index contributed by atoms with van der Waals surface area (Å²) in [6.45, 7) is -3.07. The SMILES string of the molecule is O=C(COC(=O)c1cnn(Cc2ccccc2)c1)Nc1ccc(OC(F)F)c(Cl)c1. The fraction of sp³-hybridized carbons (Fsp3) is 0.150. The monoisotopic (exact) mass is 435 g/mol. The van der Waals surface area contributed by atoms with Gasteiger partial charge < -0.3 is 14.8 Å². The Kier molecular flexibility index (Phi) is 6.97. The highest BCUT2D eigenvalue weighted by Crippen LogP contribution is 2.28. The number of hydrogen-bond donors (Lipinski definition) is 1. The van der Waals surface area contributed by atoms with Crippen molar-refractivity contribution in [3.63, 3.8) is 0 Å². The van der Waals surface area contributed by atoms with E-state index in [-0.39, 0.29) is 22.0 Å². The van der Waals surface area contributed by atoms with Crippen LogP contribution in [0.3, 0.4) is 0 Å². The zero-order valence-electron chi connectivity index (χ0n) is 15.4. The molecule has 156 valence electrons. The van der Waals surface area contributed by atoms with Gasteiger partial charge in [-0.1, -0.05) is 41.9 Å². The van der Waals surface area contributed by atoms with Gasteiger partial charge in [0.25, 0.3) is 5.91 Å². The summed E-state index contributed by atoms with van der Waals surface area (Å²) in [6.07, 6.45) is 2.87. The molecule has 0 saturated carbocycles. The third-order valence-corrected chi connectivity index (χ3v) is 4.12. The second-order valence-electron chi connectivity index (χ2n) is 6.06. The number of alkyl halides is 2. The highest BCUT2D eigenvalue weighted by atomic mass is 35.5. The molecule has 3 aromatic rings. The Morgan fingerprint density at radius 3 is 2.63 bits per heavy atom. The van der Waals surface area contributed by atoms with E-state index in [2.05, 4.69) is 15.2 Å². The lowest BCUT2D eigenvalue weighted by Crippen LogP contribution is -2.20. The van der Waals surface area contributed by atoms with Gasteiger partial charge in [-0.3, -0.25) is 9.48 Å². The zero-order chi connectivity index (χ0) is 21.5. The minimum Gasteiger partial charge on any atom is -0.452 e. The quantitative estimate of drug-likeness (QED) is 0.541. The number of carbonyl (C=O) groups excluding carboxylic acids is 2. The van der Waals surface area contributed by atoms with Crippen LogP contribution in [0, 0.1) is 0 Å². The molecule has 0 aliphatic carbocycles. The predicted octanol–water partition coefficient (Wildman–Crippen LogP) is 3.98. The molecule has 0 radical (unpaired) electrons. The fourth-order valence-corrected chi connectivity index (χ4v) is 2.73. The average Bonchev–Trinajstić information content (AvgIpc) is 3.17. The molecule has 7 nitrogen and oxygen atoms in total. The van der Waals surface area contributed by atoms with Crippen LogP contribution in [0.2, 0.25) is 5.02 Å². The van der Waals surface area contributed by atoms with Gasteiger partial charge in [0.2, 0.25) is 0 Å². The van der Waals surface area contributed by atoms with E-state index in [1.54, 1.807) is 4.68 Å². The van der Waals surface area contributed by atoms with Gasteiger partial charge in [0, 0.05) is 11.9 Å². The van der Waals surface area contributed by atoms with E-state index in [9.17, 15) is 18.4 Å². The first-order valence-corrected chi connectivity index (χ1v) is 9.06. The Morgan fingerprint density at radius 2 is 1.93 bits per heavy atom. The lowest BCUT2D eigenvalue weighted by Gasteiger charge is -2.09. The van der Waals surface area contributed by atoms with Gasteiger partial charge in [-0.15, -0.1) is 0 Å². The Labute approximate surface area is 175 Å². The fourth-order valence-electron chi connectivity index (χ4n) is 2.51. The topological polar surface area (TPSA) is 82.5 Å². The van der Waals surface area contributed by atoms with Crippen molar-refractivity contribution in [3.8, 4) is 5.75 Å². The molecule has 1 heterocycles. The second-order valence-corrected chi connectivity index (χ2v) is 6.47. The average molecular weight is 436 g/mol. The van der Waals surface area contributed by atoms with Crippen LogP contribution in [0.4, 0.5) is 14.5 Å². The maximum Gasteiger partial charge on any atom is 0.387 e. The van der Waals surface area contributed by atoms with Crippen molar-refractivity contribution in [2.24, 2.45) is 0 Å². The lowest BCUT2D eigenvalue weighted by atomic mass is 10.2. The van der Waals surface area contributed by atoms with Crippen LogP contribution >= 0.6 is 11.6 Å². The molecule has 3 rings (SSSR count). The molecule has 0 aliphatic heterocycles. The van der Waals surface area contributed by atoms with Gasteiger partial charge in [0.05, 0.1) is 23.3 Å². The highest BCUT2D eigenvalue weighted by Gasteiger charge is 2.14. The molecule has 10 heteroatoms. The molecule has 0 spiro atoms. The molecular weight excluding hydrogens is 420 g/mol. The van der Waals surface area contributed by atoms with Gasteiger partial charge in [-0.2, -0.15) is 13.9 Å². The molecule has 30 heavy (non-hydrogen) atoms. The van der Waals surface area contributed by atoms with Crippen LogP contribution in [0.15, 0.2) is 60.9 Å². The largest absolute Gasteiger partial charge is 0.452 e. The van der Waals surface area contributed by atoms with Crippen molar-refractivity contribution in [1.29, 1.82) is 0 Å². The number of hydrogen-bond acceptors (Lipinski definition) is 5. The molecule has 1 N–H and O–H groups in total. The Balaban J connectivity index is 1.50. The number of ether oxygens (including phenoxy) is 2. The Morgan fingerprint density at radius 1 is 1.17 bits per heavy atom. The summed E-state index contributed by atoms with van der Waals surface area (Å²) in [7, 11) is 0. The molecule has 0 saturated heterocycles. The Bertz CT molecular complexity index is 1030. The van der Waals surface area contributed by atoms with E-state index < -0.39 is 25.1 Å². The van der Waals surface area contributed by atoms with Gasteiger partial charge in [-0.25, -0.2) is 4.79 Å². The van der Waals surface area contributed by atoms with Crippen LogP contribution < -0.4 is 10.1 Å². The van der Waals surface area contributed by atoms with Crippen LogP contribution in [0.1, 0.15) is 15.9 Å². The number of halogens is 3. The zero-order valence-corrected chi connectivity index (χ0v) is 16.2. The first kappa shape index (κ1) is 21.3. The molecule has 2 aromatic carbocycles. The van der Waals surface area contributed by atoms with E-state index in [4.69, 9.17) is 16.3 Å². The summed E-state index contributed by atoms with van der Waals surface area (Å²) in [4.78, 5) is 24.1. The van der Waals surface area contributed by atoms with E-state index >= 15 is 0 Å². The summed E-state index contributed by atoms with van der Waals surface area (Å²) in [5, 5.41) is 6.44. The van der Waals surface area contributed by atoms with Gasteiger partial charge in [0.1, 0.15) is 5.75 Å². The number of benzene rings is 2. The number of nitrogens with zero attached hydrogens (tertiary/aromatic N) is 2. The molecule has 1 amide bonds. The predicted molar refractivity (Wildman–Crippen MR) is 105 cm³/mol. The van der Waals surface area contributed by atoms with Crippen molar-refractivity contribution < 1.29 is 27.8 Å². The number of anilines is 1. The third-order valence-electron chi connectivity index (χ3n) is 3.82. The van der Waals surface area contributed by atoms with E-state index in [1.165, 1.54) is 30.6 Å². The summed E-state index contributed by atoms with van der Waals surface area (Å²) < 4.78 is 35.2. The van der Waals surface area contributed by atoms with Gasteiger partial charge >= 0.3 is 12.6 Å². The Hall–Kier alpha value is -3.46. The van der Waals surface area contributed by atoms with Crippen molar-refractivity contribution >= 4 is 29.2 Å². The highest BCUT2D eigenvalue weighted by molar-refractivity contribution is 6.32. The van der Waals surface area contributed by atoms with Crippen LogP contribution in [0.25, 0.3) is 0 Å². The maximum absolute atomic E-state index is 12.2. The second kappa shape index (κ2) is 9.84. The lowest BCUT2D eigenvalue weighted by molar-refractivity contribution is -0.119. The first-order chi connectivity index (χ1) is 14.4. The molecule has 1 aromatic heterocycles. The van der Waals surface area contributed by atoms with Crippen molar-refractivity contribution in [2.45, 2.75) is 13.2 Å². The standard InChI is InChI=1S/C20H16ClF2N3O4/c21-16-8-15(6-7-17(16)30-20(22)23)25-18(27)12-29-19(28)14-9-24-26(11-14)10-13-4-2-1-3-5-13/h1-9,11,20H,10,12H2,(H,25,27). The van der Waals surface area contributed by atoms with Crippen LogP contribution in [-0.4, -0.2) is 34.9 Å². The summed E-state index contributed by atoms with van der Waals surface area (Å²) in [5.74, 6) is -1.55. The molecule has 0 bridgehead atoms. The molecular formula is C20H16ClF2N3O4. The summed E-state index contributed by atoms with van der Waals surface area (Å²) in [6, 6.07) is 13.3. The minimum absolute atomic E-state index is 0.101. The van der Waals surface area contributed by atoms with Crippen LogP contribution in [-0.2, 0) is 16.1 Å². The smallest absolute Gasteiger partial charge is 0.387 e. The third kappa shape index (κ3) is 6.02. The summed E-state index contributed by atoms with van der Waals surface area (Å²) in [5.41, 5.74) is 1.46.